The monoisotopic (exact) mass is 919 g/mol. The second kappa shape index (κ2) is 18.8. The summed E-state index contributed by atoms with van der Waals surface area (Å²) in [4.78, 5) is 15.7. The summed E-state index contributed by atoms with van der Waals surface area (Å²) < 4.78 is 122. The van der Waals surface area contributed by atoms with Crippen LogP contribution in [0.1, 0.15) is 11.1 Å². The lowest BCUT2D eigenvalue weighted by atomic mass is 10.1. The number of ether oxygens (including phenoxy) is 1. The maximum Gasteiger partial charge on any atom is 0.227 e. The van der Waals surface area contributed by atoms with E-state index in [9.17, 15) is 35.1 Å². The van der Waals surface area contributed by atoms with Gasteiger partial charge in [-0.15, -0.1) is 4.36 Å². The number of nitrogens with zero attached hydrogens (tertiary/aromatic N) is 6. The summed E-state index contributed by atoms with van der Waals surface area (Å²) in [5.41, 5.74) is 1.17. The molecule has 6 rings (SSSR count). The molecule has 4 N–H and O–H groups in total. The molecule has 0 bridgehead atoms. The Balaban J connectivity index is 0.000000225. The number of methoxy groups -OCH3 is 1. The molecule has 0 fully saturated rings. The van der Waals surface area contributed by atoms with Crippen LogP contribution in [0.15, 0.2) is 94.0 Å². The molecule has 6 aromatic rings. The first kappa shape index (κ1) is 44.2. The number of anilines is 4. The lowest BCUT2D eigenvalue weighted by Crippen LogP contribution is -2.10. The molecule has 308 valence electrons. The molecule has 0 radical (unpaired) electrons. The molecule has 12 nitrogen and oxygen atoms in total. The largest absolute Gasteiger partial charge is 0.497 e. The number of nitrogens with one attached hydrogen (secondary N) is 3. The van der Waals surface area contributed by atoms with E-state index in [1.165, 1.54) is 19.6 Å². The van der Waals surface area contributed by atoms with Gasteiger partial charge in [0.2, 0.25) is 18.1 Å². The Hall–Kier alpha value is -5.95. The van der Waals surface area contributed by atoms with Crippen LogP contribution in [-0.4, -0.2) is 48.3 Å². The maximum atomic E-state index is 14.2. The van der Waals surface area contributed by atoms with Gasteiger partial charge in [0.25, 0.3) is 0 Å². The Morgan fingerprint density at radius 3 is 1.80 bits per heavy atom. The van der Waals surface area contributed by atoms with E-state index in [1.54, 1.807) is 42.6 Å². The SMILES string of the molecule is COc1cc(C[SH](C)(O)=NC#N)cc(Nc2ncc(F)c(-c3ccc(F)cc3F)n2)c1.CS(=N)(=O)Cc1cc(Br)cc(Nc2ncc(F)c(-c3ccc(F)cc3F)n2)c1. The van der Waals surface area contributed by atoms with E-state index in [0.717, 1.165) is 36.7 Å². The van der Waals surface area contributed by atoms with Crippen molar-refractivity contribution >= 4 is 59.0 Å². The zero-order chi connectivity index (χ0) is 43.1. The number of hydrogen-bond acceptors (Lipinski definition) is 11. The minimum Gasteiger partial charge on any atom is -0.497 e. The van der Waals surface area contributed by atoms with E-state index in [4.69, 9.17) is 14.8 Å². The summed E-state index contributed by atoms with van der Waals surface area (Å²) in [6, 6.07) is 15.5. The first-order valence-electron chi connectivity index (χ1n) is 16.7. The van der Waals surface area contributed by atoms with E-state index in [-0.39, 0.29) is 45.9 Å². The Bertz CT molecular complexity index is 2750. The van der Waals surface area contributed by atoms with Crippen LogP contribution in [0.5, 0.6) is 5.75 Å². The van der Waals surface area contributed by atoms with E-state index in [2.05, 4.69) is 50.9 Å². The number of nitriles is 1. The summed E-state index contributed by atoms with van der Waals surface area (Å²) in [7, 11) is -4.12. The lowest BCUT2D eigenvalue weighted by molar-refractivity contribution is 0.414. The summed E-state index contributed by atoms with van der Waals surface area (Å²) >= 11 is 3.33. The van der Waals surface area contributed by atoms with Crippen molar-refractivity contribution in [1.82, 2.24) is 19.9 Å². The Morgan fingerprint density at radius 2 is 1.32 bits per heavy atom. The summed E-state index contributed by atoms with van der Waals surface area (Å²) in [6.45, 7) is 0. The van der Waals surface area contributed by atoms with Gasteiger partial charge < -0.3 is 19.9 Å². The van der Waals surface area contributed by atoms with Crippen molar-refractivity contribution in [3.05, 3.63) is 136 Å². The predicted octanol–water partition coefficient (Wildman–Crippen LogP) is 9.71. The van der Waals surface area contributed by atoms with Crippen molar-refractivity contribution in [2.75, 3.05) is 30.3 Å². The Labute approximate surface area is 343 Å². The molecular formula is C38H32BrF6N9O3S2. The third-order valence-corrected chi connectivity index (χ3v) is 10.5. The number of hydrogen-bond donors (Lipinski definition) is 5. The minimum atomic E-state index is -2.83. The number of rotatable bonds is 11. The van der Waals surface area contributed by atoms with Gasteiger partial charge in [-0.3, -0.25) is 4.78 Å². The molecule has 2 heterocycles. The number of aromatic nitrogens is 4. The number of benzene rings is 4. The molecule has 0 aliphatic rings. The average molecular weight is 921 g/mol. The van der Waals surface area contributed by atoms with E-state index in [1.807, 2.05) is 0 Å². The molecule has 59 heavy (non-hydrogen) atoms. The van der Waals surface area contributed by atoms with Crippen LogP contribution >= 0.6 is 15.9 Å². The quantitative estimate of drug-likeness (QED) is 0.0477. The van der Waals surface area contributed by atoms with Crippen LogP contribution in [0.25, 0.3) is 22.5 Å². The standard InChI is InChI=1S/C20H18F3N5O2S.C18H14BrF3N4OS/c1-30-15-6-12(10-31(2,29)26-11-24)5-14(8-15)27-20-25-9-18(23)19(28-20)16-4-3-13(21)7-17(16)22;1-28(23,27)9-10-4-11(19)6-13(5-10)25-18-24-8-16(22)17(26-18)14-3-2-12(20)7-15(14)21/h3-9,31H,10H2,1-2H3,(H,26,29)(H,25,27,28);2-8,23H,9H2,1H3,(H,24,25,26). The first-order valence-corrected chi connectivity index (χ1v) is 22.0. The van der Waals surface area contributed by atoms with Crippen LogP contribution in [-0.2, 0) is 31.3 Å². The van der Waals surface area contributed by atoms with Crippen molar-refractivity contribution in [1.29, 1.82) is 10.0 Å². The van der Waals surface area contributed by atoms with Crippen molar-refractivity contribution in [2.24, 2.45) is 4.36 Å². The molecule has 0 saturated carbocycles. The fourth-order valence-electron chi connectivity index (χ4n) is 5.40. The van der Waals surface area contributed by atoms with Gasteiger partial charge in [0.1, 0.15) is 40.4 Å². The second-order valence-corrected chi connectivity index (χ2v) is 18.7. The highest BCUT2D eigenvalue weighted by molar-refractivity contribution is 9.10. The highest BCUT2D eigenvalue weighted by atomic mass is 79.9. The van der Waals surface area contributed by atoms with Crippen LogP contribution in [0, 0.1) is 51.1 Å². The molecule has 2 aromatic heterocycles. The molecule has 0 aliphatic carbocycles. The summed E-state index contributed by atoms with van der Waals surface area (Å²) in [6.07, 6.45) is 6.21. The third kappa shape index (κ3) is 12.5. The van der Waals surface area contributed by atoms with Gasteiger partial charge in [-0.25, -0.2) is 50.5 Å². The smallest absolute Gasteiger partial charge is 0.227 e. The average Bonchev–Trinajstić information content (AvgIpc) is 3.12. The summed E-state index contributed by atoms with van der Waals surface area (Å²) in [5.74, 6) is -4.62. The topological polar surface area (TPSA) is 182 Å². The van der Waals surface area contributed by atoms with Gasteiger partial charge in [-0.2, -0.15) is 5.26 Å². The van der Waals surface area contributed by atoms with E-state index < -0.39 is 54.7 Å². The van der Waals surface area contributed by atoms with Gasteiger partial charge in [-0.05, 0) is 72.0 Å². The van der Waals surface area contributed by atoms with Crippen molar-refractivity contribution in [3.63, 3.8) is 0 Å². The Kier molecular flexibility index (Phi) is 14.0. The van der Waals surface area contributed by atoms with Gasteiger partial charge in [0.05, 0.1) is 25.3 Å². The number of thiol groups is 1. The van der Waals surface area contributed by atoms with Crippen molar-refractivity contribution in [2.45, 2.75) is 11.5 Å². The second-order valence-electron chi connectivity index (χ2n) is 12.8. The Morgan fingerprint density at radius 1 is 0.814 bits per heavy atom. The van der Waals surface area contributed by atoms with Gasteiger partial charge in [-0.1, -0.05) is 26.0 Å². The van der Waals surface area contributed by atoms with Crippen LogP contribution in [0.4, 0.5) is 49.6 Å². The van der Waals surface area contributed by atoms with Crippen LogP contribution in [0.3, 0.4) is 0 Å². The molecule has 4 aromatic carbocycles. The van der Waals surface area contributed by atoms with Gasteiger partial charge in [0, 0.05) is 66.9 Å². The fraction of sp³-hybridized carbons (Fsp3) is 0.132. The molecular weight excluding hydrogens is 889 g/mol. The highest BCUT2D eigenvalue weighted by Crippen LogP contribution is 2.30. The van der Waals surface area contributed by atoms with Crippen molar-refractivity contribution in [3.8, 4) is 34.5 Å². The van der Waals surface area contributed by atoms with Crippen LogP contribution in [0.2, 0.25) is 0 Å². The zero-order valence-corrected chi connectivity index (χ0v) is 34.2. The molecule has 0 saturated heterocycles. The number of halogens is 7. The molecule has 1 atom stereocenters. The fourth-order valence-corrected chi connectivity index (χ4v) is 7.88. The maximum absolute atomic E-state index is 14.2. The molecule has 0 amide bonds. The van der Waals surface area contributed by atoms with Gasteiger partial charge >= 0.3 is 0 Å². The normalized spacial score (nSPS) is 12.3. The molecule has 1 unspecified atom stereocenters. The minimum absolute atomic E-state index is 0.00715. The molecule has 0 aliphatic heterocycles. The third-order valence-electron chi connectivity index (χ3n) is 7.72. The first-order chi connectivity index (χ1) is 27.8. The molecule has 0 spiro atoms. The van der Waals surface area contributed by atoms with Crippen LogP contribution < -0.4 is 15.4 Å². The van der Waals surface area contributed by atoms with E-state index >= 15 is 0 Å². The molecule has 21 heteroatoms. The summed E-state index contributed by atoms with van der Waals surface area (Å²) in [5, 5.41) is 14.5. The predicted molar refractivity (Wildman–Crippen MR) is 218 cm³/mol. The zero-order valence-electron chi connectivity index (χ0n) is 30.9. The van der Waals surface area contributed by atoms with E-state index in [0.29, 0.717) is 44.9 Å². The van der Waals surface area contributed by atoms with Crippen molar-refractivity contribution < 1.29 is 39.8 Å². The van der Waals surface area contributed by atoms with Gasteiger partial charge in [0.15, 0.2) is 11.6 Å². The lowest BCUT2D eigenvalue weighted by Gasteiger charge is -2.17. The highest BCUT2D eigenvalue weighted by Gasteiger charge is 2.17.